The SMILES string of the molecule is Cc1cc(NC(=O)COC(=O)c2ccccc2C(=O)c2cccs2)no1. The van der Waals surface area contributed by atoms with Crippen molar-refractivity contribution in [2.24, 2.45) is 0 Å². The van der Waals surface area contributed by atoms with Gasteiger partial charge in [0.15, 0.2) is 12.4 Å². The van der Waals surface area contributed by atoms with Crippen LogP contribution in [0, 0.1) is 6.92 Å². The second-order valence-corrected chi connectivity index (χ2v) is 6.25. The first kappa shape index (κ1) is 17.6. The third-order valence-electron chi connectivity index (χ3n) is 3.37. The third-order valence-corrected chi connectivity index (χ3v) is 4.24. The number of amides is 1. The van der Waals surface area contributed by atoms with Crippen LogP contribution in [0.25, 0.3) is 0 Å². The highest BCUT2D eigenvalue weighted by Crippen LogP contribution is 2.19. The third kappa shape index (κ3) is 4.04. The molecule has 0 unspecified atom stereocenters. The Morgan fingerprint density at radius 2 is 1.92 bits per heavy atom. The largest absolute Gasteiger partial charge is 0.452 e. The van der Waals surface area contributed by atoms with E-state index in [0.29, 0.717) is 10.6 Å². The molecular weight excluding hydrogens is 356 g/mol. The number of ketones is 1. The van der Waals surface area contributed by atoms with Crippen LogP contribution in [0.15, 0.2) is 52.4 Å². The average molecular weight is 370 g/mol. The second-order valence-electron chi connectivity index (χ2n) is 5.30. The van der Waals surface area contributed by atoms with Gasteiger partial charge in [0.1, 0.15) is 5.76 Å². The Bertz CT molecular complexity index is 946. The predicted molar refractivity (Wildman–Crippen MR) is 94.3 cm³/mol. The summed E-state index contributed by atoms with van der Waals surface area (Å²) < 4.78 is 9.85. The van der Waals surface area contributed by atoms with Crippen LogP contribution in [0.2, 0.25) is 0 Å². The van der Waals surface area contributed by atoms with Crippen LogP contribution in [-0.2, 0) is 9.53 Å². The predicted octanol–water partition coefficient (Wildman–Crippen LogP) is 3.07. The number of anilines is 1. The zero-order valence-electron chi connectivity index (χ0n) is 13.7. The van der Waals surface area contributed by atoms with E-state index in [4.69, 9.17) is 9.26 Å². The molecule has 0 aliphatic rings. The van der Waals surface area contributed by atoms with Crippen LogP contribution in [0.4, 0.5) is 5.82 Å². The molecule has 0 aliphatic carbocycles. The van der Waals surface area contributed by atoms with E-state index in [1.54, 1.807) is 42.6 Å². The van der Waals surface area contributed by atoms with Crippen molar-refractivity contribution in [1.29, 1.82) is 0 Å². The van der Waals surface area contributed by atoms with Gasteiger partial charge in [0.05, 0.1) is 10.4 Å². The fourth-order valence-electron chi connectivity index (χ4n) is 2.21. The van der Waals surface area contributed by atoms with Crippen LogP contribution < -0.4 is 5.32 Å². The van der Waals surface area contributed by atoms with E-state index >= 15 is 0 Å². The van der Waals surface area contributed by atoms with Gasteiger partial charge in [-0.05, 0) is 24.4 Å². The summed E-state index contributed by atoms with van der Waals surface area (Å²) >= 11 is 1.29. The lowest BCUT2D eigenvalue weighted by atomic mass is 10.0. The molecule has 0 saturated heterocycles. The van der Waals surface area contributed by atoms with Gasteiger partial charge < -0.3 is 14.6 Å². The van der Waals surface area contributed by atoms with Crippen molar-refractivity contribution in [1.82, 2.24) is 5.16 Å². The molecular formula is C18H14N2O5S. The van der Waals surface area contributed by atoms with Crippen molar-refractivity contribution < 1.29 is 23.6 Å². The number of hydrogen-bond acceptors (Lipinski definition) is 7. The molecule has 1 N–H and O–H groups in total. The van der Waals surface area contributed by atoms with E-state index in [0.717, 1.165) is 0 Å². The van der Waals surface area contributed by atoms with Crippen LogP contribution in [0.5, 0.6) is 0 Å². The molecule has 7 nitrogen and oxygen atoms in total. The van der Waals surface area contributed by atoms with Gasteiger partial charge in [0.2, 0.25) is 5.78 Å². The molecule has 0 bridgehead atoms. The molecule has 0 atom stereocenters. The Hall–Kier alpha value is -3.26. The summed E-state index contributed by atoms with van der Waals surface area (Å²) in [5.41, 5.74) is 0.337. The maximum Gasteiger partial charge on any atom is 0.339 e. The first-order chi connectivity index (χ1) is 12.5. The topological polar surface area (TPSA) is 98.5 Å². The van der Waals surface area contributed by atoms with Gasteiger partial charge >= 0.3 is 5.97 Å². The average Bonchev–Trinajstić information content (AvgIpc) is 3.31. The van der Waals surface area contributed by atoms with Crippen molar-refractivity contribution in [2.75, 3.05) is 11.9 Å². The minimum absolute atomic E-state index is 0.107. The smallest absolute Gasteiger partial charge is 0.339 e. The number of ether oxygens (including phenoxy) is 1. The first-order valence-electron chi connectivity index (χ1n) is 7.62. The Kier molecular flexibility index (Phi) is 5.23. The number of thiophene rings is 1. The zero-order valence-corrected chi connectivity index (χ0v) is 14.5. The van der Waals surface area contributed by atoms with Gasteiger partial charge in [-0.25, -0.2) is 4.79 Å². The molecule has 2 heterocycles. The van der Waals surface area contributed by atoms with Crippen LogP contribution >= 0.6 is 11.3 Å². The van der Waals surface area contributed by atoms with Gasteiger partial charge in [-0.1, -0.05) is 29.4 Å². The molecule has 8 heteroatoms. The minimum Gasteiger partial charge on any atom is -0.452 e. The van der Waals surface area contributed by atoms with Gasteiger partial charge in [-0.2, -0.15) is 0 Å². The Labute approximate surface area is 152 Å². The monoisotopic (exact) mass is 370 g/mol. The summed E-state index contributed by atoms with van der Waals surface area (Å²) in [6, 6.07) is 11.3. The van der Waals surface area contributed by atoms with E-state index in [2.05, 4.69) is 10.5 Å². The standard InChI is InChI=1S/C18H14N2O5S/c1-11-9-15(20-25-11)19-16(21)10-24-18(23)13-6-3-2-5-12(13)17(22)14-7-4-8-26-14/h2-9H,10H2,1H3,(H,19,20,21). The molecule has 0 aliphatic heterocycles. The molecule has 0 fully saturated rings. The van der Waals surface area contributed by atoms with Crippen LogP contribution in [-0.4, -0.2) is 29.4 Å². The molecule has 1 amide bonds. The number of aryl methyl sites for hydroxylation is 1. The quantitative estimate of drug-likeness (QED) is 0.529. The molecule has 1 aromatic carbocycles. The summed E-state index contributed by atoms with van der Waals surface area (Å²) in [7, 11) is 0. The molecule has 3 aromatic rings. The van der Waals surface area contributed by atoms with Crippen molar-refractivity contribution in [3.8, 4) is 0 Å². The summed E-state index contributed by atoms with van der Waals surface area (Å²) in [5, 5.41) is 7.84. The number of benzene rings is 1. The number of aromatic nitrogens is 1. The fourth-order valence-corrected chi connectivity index (χ4v) is 2.89. The number of hydrogen-bond donors (Lipinski definition) is 1. The number of carbonyl (C=O) groups is 3. The number of nitrogens with one attached hydrogen (secondary N) is 1. The lowest BCUT2D eigenvalue weighted by Crippen LogP contribution is -2.22. The van der Waals surface area contributed by atoms with E-state index in [9.17, 15) is 14.4 Å². The van der Waals surface area contributed by atoms with E-state index < -0.39 is 18.5 Å². The number of nitrogens with zero attached hydrogens (tertiary/aromatic N) is 1. The highest BCUT2D eigenvalue weighted by molar-refractivity contribution is 7.12. The van der Waals surface area contributed by atoms with Gasteiger partial charge in [0.25, 0.3) is 5.91 Å². The van der Waals surface area contributed by atoms with E-state index in [1.165, 1.54) is 23.5 Å². The number of esters is 1. The summed E-state index contributed by atoms with van der Waals surface area (Å²) in [5.74, 6) is -0.809. The van der Waals surface area contributed by atoms with Crippen molar-refractivity contribution >= 4 is 34.8 Å². The Balaban J connectivity index is 1.66. The maximum absolute atomic E-state index is 12.5. The number of rotatable bonds is 6. The molecule has 26 heavy (non-hydrogen) atoms. The minimum atomic E-state index is -0.753. The Morgan fingerprint density at radius 1 is 1.15 bits per heavy atom. The molecule has 132 valence electrons. The van der Waals surface area contributed by atoms with Crippen LogP contribution in [0.1, 0.15) is 31.4 Å². The summed E-state index contributed by atoms with van der Waals surface area (Å²) in [4.78, 5) is 37.2. The van der Waals surface area contributed by atoms with Crippen LogP contribution in [0.3, 0.4) is 0 Å². The van der Waals surface area contributed by atoms with Gasteiger partial charge in [-0.3, -0.25) is 9.59 Å². The van der Waals surface area contributed by atoms with Gasteiger partial charge in [-0.15, -0.1) is 11.3 Å². The van der Waals surface area contributed by atoms with Crippen molar-refractivity contribution in [2.45, 2.75) is 6.92 Å². The second kappa shape index (κ2) is 7.75. The Morgan fingerprint density at radius 3 is 2.58 bits per heavy atom. The van der Waals surface area contributed by atoms with Crippen molar-refractivity contribution in [3.05, 3.63) is 69.6 Å². The maximum atomic E-state index is 12.5. The van der Waals surface area contributed by atoms with E-state index in [-0.39, 0.29) is 22.7 Å². The highest BCUT2D eigenvalue weighted by Gasteiger charge is 2.20. The number of carbonyl (C=O) groups excluding carboxylic acids is 3. The fraction of sp³-hybridized carbons (Fsp3) is 0.111. The lowest BCUT2D eigenvalue weighted by Gasteiger charge is -2.08. The first-order valence-corrected chi connectivity index (χ1v) is 8.50. The van der Waals surface area contributed by atoms with Crippen molar-refractivity contribution in [3.63, 3.8) is 0 Å². The highest BCUT2D eigenvalue weighted by atomic mass is 32.1. The molecule has 3 rings (SSSR count). The lowest BCUT2D eigenvalue weighted by molar-refractivity contribution is -0.119. The summed E-state index contributed by atoms with van der Waals surface area (Å²) in [6.45, 7) is 1.18. The molecule has 2 aromatic heterocycles. The zero-order chi connectivity index (χ0) is 18.5. The molecule has 0 saturated carbocycles. The normalized spacial score (nSPS) is 10.3. The summed E-state index contributed by atoms with van der Waals surface area (Å²) in [6.07, 6.45) is 0. The molecule has 0 spiro atoms. The van der Waals surface area contributed by atoms with E-state index in [1.807, 2.05) is 0 Å². The van der Waals surface area contributed by atoms with Gasteiger partial charge in [0, 0.05) is 11.6 Å². The molecule has 0 radical (unpaired) electrons.